The molecule has 0 bridgehead atoms. The number of piperidine rings is 1. The highest BCUT2D eigenvalue weighted by Crippen LogP contribution is 2.26. The molecular weight excluding hydrogens is 292 g/mol. The maximum absolute atomic E-state index is 12.4. The van der Waals surface area contributed by atoms with E-state index in [1.165, 1.54) is 6.42 Å². The highest BCUT2D eigenvalue weighted by Gasteiger charge is 2.22. The Hall–Kier alpha value is -1.59. The summed E-state index contributed by atoms with van der Waals surface area (Å²) in [4.78, 5) is 12.4. The van der Waals surface area contributed by atoms with Crippen LogP contribution in [0.25, 0.3) is 0 Å². The van der Waals surface area contributed by atoms with Crippen molar-refractivity contribution in [2.75, 3.05) is 31.6 Å². The summed E-state index contributed by atoms with van der Waals surface area (Å²) in [5, 5.41) is 6.32. The van der Waals surface area contributed by atoms with E-state index in [0.29, 0.717) is 6.61 Å². The van der Waals surface area contributed by atoms with Crippen molar-refractivity contribution in [1.82, 2.24) is 5.32 Å². The second kappa shape index (κ2) is 8.31. The van der Waals surface area contributed by atoms with Gasteiger partial charge in [0, 0.05) is 12.5 Å². The Kier molecular flexibility index (Phi) is 5.88. The van der Waals surface area contributed by atoms with Gasteiger partial charge in [-0.15, -0.1) is 0 Å². The molecule has 1 atom stereocenters. The van der Waals surface area contributed by atoms with E-state index in [0.717, 1.165) is 56.8 Å². The van der Waals surface area contributed by atoms with Gasteiger partial charge in [0.2, 0.25) is 5.91 Å². The van der Waals surface area contributed by atoms with E-state index in [2.05, 4.69) is 10.6 Å². The van der Waals surface area contributed by atoms with Gasteiger partial charge in [0.25, 0.3) is 0 Å². The number of carbonyl (C=O) groups is 1. The zero-order valence-corrected chi connectivity index (χ0v) is 13.6. The zero-order valence-electron chi connectivity index (χ0n) is 13.6. The van der Waals surface area contributed by atoms with Crippen LogP contribution >= 0.6 is 0 Å². The molecule has 2 heterocycles. The Morgan fingerprint density at radius 3 is 2.83 bits per heavy atom. The molecule has 0 radical (unpaired) electrons. The summed E-state index contributed by atoms with van der Waals surface area (Å²) in [7, 11) is 0. The van der Waals surface area contributed by atoms with Crippen LogP contribution in [0.3, 0.4) is 0 Å². The van der Waals surface area contributed by atoms with E-state index in [-0.39, 0.29) is 17.9 Å². The molecule has 0 aliphatic carbocycles. The minimum Gasteiger partial charge on any atom is -0.489 e. The fraction of sp³-hybridized carbons (Fsp3) is 0.611. The van der Waals surface area contributed by atoms with E-state index >= 15 is 0 Å². The first-order valence-electron chi connectivity index (χ1n) is 8.68. The minimum atomic E-state index is 0.0889. The van der Waals surface area contributed by atoms with Crippen LogP contribution in [0.2, 0.25) is 0 Å². The maximum atomic E-state index is 12.4. The number of carbonyl (C=O) groups excluding carboxylic acids is 1. The van der Waals surface area contributed by atoms with E-state index in [1.807, 2.05) is 24.3 Å². The number of rotatable bonds is 5. The van der Waals surface area contributed by atoms with Crippen molar-refractivity contribution in [1.29, 1.82) is 0 Å². The number of amides is 1. The Bertz CT molecular complexity index is 509. The van der Waals surface area contributed by atoms with Crippen LogP contribution in [-0.4, -0.2) is 38.3 Å². The second-order valence-corrected chi connectivity index (χ2v) is 6.31. The van der Waals surface area contributed by atoms with Gasteiger partial charge in [0.1, 0.15) is 12.4 Å². The topological polar surface area (TPSA) is 59.6 Å². The second-order valence-electron chi connectivity index (χ2n) is 6.31. The molecule has 23 heavy (non-hydrogen) atoms. The molecule has 0 aromatic heterocycles. The predicted molar refractivity (Wildman–Crippen MR) is 89.8 cm³/mol. The van der Waals surface area contributed by atoms with Crippen molar-refractivity contribution in [3.05, 3.63) is 24.3 Å². The van der Waals surface area contributed by atoms with E-state index in [4.69, 9.17) is 9.47 Å². The smallest absolute Gasteiger partial charge is 0.227 e. The highest BCUT2D eigenvalue weighted by atomic mass is 16.5. The van der Waals surface area contributed by atoms with E-state index in [1.54, 1.807) is 0 Å². The normalized spacial score (nSPS) is 22.5. The van der Waals surface area contributed by atoms with Gasteiger partial charge in [-0.25, -0.2) is 0 Å². The fourth-order valence-electron chi connectivity index (χ4n) is 3.14. The molecule has 126 valence electrons. The Morgan fingerprint density at radius 1 is 1.22 bits per heavy atom. The Labute approximate surface area is 137 Å². The van der Waals surface area contributed by atoms with Crippen molar-refractivity contribution in [3.63, 3.8) is 0 Å². The molecule has 0 spiro atoms. The fourth-order valence-corrected chi connectivity index (χ4v) is 3.14. The summed E-state index contributed by atoms with van der Waals surface area (Å²) in [5.74, 6) is 0.909. The molecule has 2 aliphatic heterocycles. The molecule has 0 saturated carbocycles. The SMILES string of the molecule is O=C(Nc1ccccc1OCC1CCCCO1)C1CCNCC1. The molecular formula is C18H26N2O3. The van der Waals surface area contributed by atoms with Gasteiger partial charge in [0.15, 0.2) is 0 Å². The van der Waals surface area contributed by atoms with E-state index in [9.17, 15) is 4.79 Å². The number of nitrogens with one attached hydrogen (secondary N) is 2. The average molecular weight is 318 g/mol. The standard InChI is InChI=1S/C18H26N2O3/c21-18(14-8-10-19-11-9-14)20-16-6-1-2-7-17(16)23-13-15-5-3-4-12-22-15/h1-2,6-7,14-15,19H,3-5,8-13H2,(H,20,21). The molecule has 2 aliphatic rings. The lowest BCUT2D eigenvalue weighted by atomic mass is 9.97. The Balaban J connectivity index is 1.57. The van der Waals surface area contributed by atoms with Crippen LogP contribution in [0, 0.1) is 5.92 Å². The van der Waals surface area contributed by atoms with Crippen LogP contribution in [0.5, 0.6) is 5.75 Å². The molecule has 2 saturated heterocycles. The Morgan fingerprint density at radius 2 is 2.04 bits per heavy atom. The lowest BCUT2D eigenvalue weighted by Crippen LogP contribution is -2.34. The summed E-state index contributed by atoms with van der Waals surface area (Å²) in [6.07, 6.45) is 5.33. The summed E-state index contributed by atoms with van der Waals surface area (Å²) in [6.45, 7) is 3.19. The summed E-state index contributed by atoms with van der Waals surface area (Å²) in [5.41, 5.74) is 0.756. The van der Waals surface area contributed by atoms with Crippen molar-refractivity contribution >= 4 is 11.6 Å². The van der Waals surface area contributed by atoms with Gasteiger partial charge < -0.3 is 20.1 Å². The maximum Gasteiger partial charge on any atom is 0.227 e. The van der Waals surface area contributed by atoms with Gasteiger partial charge in [-0.05, 0) is 57.3 Å². The van der Waals surface area contributed by atoms with Crippen LogP contribution in [0.4, 0.5) is 5.69 Å². The first-order chi connectivity index (χ1) is 11.3. The predicted octanol–water partition coefficient (Wildman–Crippen LogP) is 2.57. The molecule has 2 fully saturated rings. The third-order valence-corrected chi connectivity index (χ3v) is 4.55. The third kappa shape index (κ3) is 4.69. The number of hydrogen-bond acceptors (Lipinski definition) is 4. The van der Waals surface area contributed by atoms with Crippen LogP contribution in [0.1, 0.15) is 32.1 Å². The largest absolute Gasteiger partial charge is 0.489 e. The minimum absolute atomic E-state index is 0.0889. The van der Waals surface area contributed by atoms with Gasteiger partial charge in [-0.3, -0.25) is 4.79 Å². The quantitative estimate of drug-likeness (QED) is 0.876. The van der Waals surface area contributed by atoms with Gasteiger partial charge in [-0.2, -0.15) is 0 Å². The lowest BCUT2D eigenvalue weighted by molar-refractivity contribution is -0.120. The zero-order chi connectivity index (χ0) is 15.9. The molecule has 3 rings (SSSR count). The molecule has 1 amide bonds. The van der Waals surface area contributed by atoms with E-state index < -0.39 is 0 Å². The average Bonchev–Trinajstić information content (AvgIpc) is 2.62. The number of para-hydroxylation sites is 2. The van der Waals surface area contributed by atoms with Gasteiger partial charge in [-0.1, -0.05) is 12.1 Å². The summed E-state index contributed by atoms with van der Waals surface area (Å²) in [6, 6.07) is 7.65. The first kappa shape index (κ1) is 16.3. The van der Waals surface area contributed by atoms with Crippen molar-refractivity contribution in [2.45, 2.75) is 38.2 Å². The molecule has 1 aromatic rings. The van der Waals surface area contributed by atoms with Crippen molar-refractivity contribution < 1.29 is 14.3 Å². The molecule has 1 aromatic carbocycles. The summed E-state index contributed by atoms with van der Waals surface area (Å²) < 4.78 is 11.6. The van der Waals surface area contributed by atoms with Gasteiger partial charge in [0.05, 0.1) is 11.8 Å². The number of hydrogen-bond donors (Lipinski definition) is 2. The molecule has 5 nitrogen and oxygen atoms in total. The van der Waals surface area contributed by atoms with Crippen LogP contribution in [0.15, 0.2) is 24.3 Å². The first-order valence-corrected chi connectivity index (χ1v) is 8.68. The molecule has 5 heteroatoms. The van der Waals surface area contributed by atoms with Crippen molar-refractivity contribution in [3.8, 4) is 5.75 Å². The number of ether oxygens (including phenoxy) is 2. The highest BCUT2D eigenvalue weighted by molar-refractivity contribution is 5.94. The third-order valence-electron chi connectivity index (χ3n) is 4.55. The van der Waals surface area contributed by atoms with Crippen LogP contribution < -0.4 is 15.4 Å². The monoisotopic (exact) mass is 318 g/mol. The van der Waals surface area contributed by atoms with Crippen molar-refractivity contribution in [2.24, 2.45) is 5.92 Å². The number of benzene rings is 1. The molecule has 2 N–H and O–H groups in total. The number of anilines is 1. The lowest BCUT2D eigenvalue weighted by Gasteiger charge is -2.24. The summed E-state index contributed by atoms with van der Waals surface area (Å²) >= 11 is 0. The van der Waals surface area contributed by atoms with Gasteiger partial charge >= 0.3 is 0 Å². The van der Waals surface area contributed by atoms with Crippen LogP contribution in [-0.2, 0) is 9.53 Å². The molecule has 1 unspecified atom stereocenters.